The Balaban J connectivity index is 0.00000198. The lowest BCUT2D eigenvalue weighted by atomic mass is 10.1. The summed E-state index contributed by atoms with van der Waals surface area (Å²) in [4.78, 5) is 26.1. The Labute approximate surface area is 176 Å². The van der Waals surface area contributed by atoms with Crippen molar-refractivity contribution < 1.29 is 36.3 Å². The molecule has 0 spiro atoms. The maximum Gasteiger partial charge on any atom is 0.488 e. The van der Waals surface area contributed by atoms with E-state index in [-0.39, 0.29) is 36.4 Å². The number of likely N-dealkylation sites (tertiary alicyclic amines) is 1. The third-order valence-corrected chi connectivity index (χ3v) is 4.54. The van der Waals surface area contributed by atoms with Crippen molar-refractivity contribution >= 4 is 22.3 Å². The van der Waals surface area contributed by atoms with Gasteiger partial charge in [0.05, 0.1) is 6.54 Å². The molecule has 30 heavy (non-hydrogen) atoms. The van der Waals surface area contributed by atoms with E-state index < -0.39 is 16.4 Å². The van der Waals surface area contributed by atoms with E-state index in [9.17, 15) is 21.9 Å². The van der Waals surface area contributed by atoms with Gasteiger partial charge in [-0.05, 0) is 38.9 Å². The summed E-state index contributed by atoms with van der Waals surface area (Å²) in [6.45, 7) is 2.67. The second-order valence-corrected chi connectivity index (χ2v) is 7.04. The number of halogens is 1. The molecule has 1 atom stereocenters. The van der Waals surface area contributed by atoms with E-state index in [2.05, 4.69) is 14.8 Å². The van der Waals surface area contributed by atoms with E-state index in [0.717, 1.165) is 33.1 Å². The van der Waals surface area contributed by atoms with Crippen LogP contribution >= 0.6 is 0 Å². The highest BCUT2D eigenvalue weighted by Gasteiger charge is 2.25. The van der Waals surface area contributed by atoms with Crippen LogP contribution in [0.2, 0.25) is 0 Å². The van der Waals surface area contributed by atoms with E-state index >= 15 is 0 Å². The molecule has 2 rings (SSSR count). The number of hydrogen-bond donors (Lipinski definition) is 4. The van der Waals surface area contributed by atoms with Gasteiger partial charge in [-0.25, -0.2) is 0 Å². The molecule has 1 heterocycles. The Hall–Kier alpha value is -2.28. The number of hydrogen-bond acceptors (Lipinski definition) is 8. The second-order valence-electron chi connectivity index (χ2n) is 6.09. The van der Waals surface area contributed by atoms with Crippen molar-refractivity contribution in [2.45, 2.75) is 32.4 Å². The van der Waals surface area contributed by atoms with Gasteiger partial charge in [0.15, 0.2) is 5.75 Å². The first-order chi connectivity index (χ1) is 14.2. The highest BCUT2D eigenvalue weighted by atomic mass is 32.3. The maximum absolute atomic E-state index is 12.9. The normalized spacial score (nSPS) is 15.3. The molecule has 0 radical (unpaired) electrons. The lowest BCUT2D eigenvalue weighted by Crippen LogP contribution is -2.41. The lowest BCUT2D eigenvalue weighted by Gasteiger charge is -2.21. The SMILES string of the molecule is CNCc1ccc(C(=O)NCC(=O)N2CCC[C@H]2C)cc1OS(=O)(=O)F.CO.CO. The summed E-state index contributed by atoms with van der Waals surface area (Å²) in [7, 11) is -1.60. The van der Waals surface area contributed by atoms with Crippen molar-refractivity contribution in [1.29, 1.82) is 0 Å². The number of amides is 2. The zero-order valence-electron chi connectivity index (χ0n) is 17.5. The molecule has 0 bridgehead atoms. The average molecular weight is 452 g/mol. The molecule has 0 saturated carbocycles. The smallest absolute Gasteiger partial charge is 0.400 e. The summed E-state index contributed by atoms with van der Waals surface area (Å²) in [5.41, 5.74) is 0.429. The maximum atomic E-state index is 12.9. The van der Waals surface area contributed by atoms with Crippen LogP contribution in [-0.4, -0.2) is 75.7 Å². The van der Waals surface area contributed by atoms with Crippen molar-refractivity contribution in [1.82, 2.24) is 15.5 Å². The van der Waals surface area contributed by atoms with Gasteiger partial charge in [-0.1, -0.05) is 9.95 Å². The minimum Gasteiger partial charge on any atom is -0.400 e. The predicted octanol–water partition coefficient (Wildman–Crippen LogP) is -0.0432. The Morgan fingerprint density at radius 2 is 1.90 bits per heavy atom. The summed E-state index contributed by atoms with van der Waals surface area (Å²) >= 11 is 0. The summed E-state index contributed by atoms with van der Waals surface area (Å²) < 4.78 is 38.7. The van der Waals surface area contributed by atoms with Crippen LogP contribution < -0.4 is 14.8 Å². The number of nitrogens with one attached hydrogen (secondary N) is 2. The molecule has 1 fully saturated rings. The summed E-state index contributed by atoms with van der Waals surface area (Å²) in [6.07, 6.45) is 1.87. The first-order valence-corrected chi connectivity index (χ1v) is 10.4. The van der Waals surface area contributed by atoms with Crippen LogP contribution in [0.4, 0.5) is 3.89 Å². The Kier molecular flexibility index (Phi) is 12.8. The summed E-state index contributed by atoms with van der Waals surface area (Å²) in [5, 5.41) is 19.3. The van der Waals surface area contributed by atoms with Gasteiger partial charge in [0.25, 0.3) is 5.91 Å². The molecule has 1 aliphatic rings. The van der Waals surface area contributed by atoms with E-state index in [0.29, 0.717) is 12.1 Å². The van der Waals surface area contributed by atoms with Crippen LogP contribution in [0.25, 0.3) is 0 Å². The van der Waals surface area contributed by atoms with Gasteiger partial charge in [0.1, 0.15) is 0 Å². The van der Waals surface area contributed by atoms with Crippen molar-refractivity contribution in [2.75, 3.05) is 34.4 Å². The van der Waals surface area contributed by atoms with Crippen molar-refractivity contribution in [2.24, 2.45) is 0 Å². The number of carbonyl (C=O) groups is 2. The van der Waals surface area contributed by atoms with Crippen molar-refractivity contribution in [3.8, 4) is 5.75 Å². The van der Waals surface area contributed by atoms with E-state index in [1.54, 1.807) is 11.9 Å². The molecule has 4 N–H and O–H groups in total. The van der Waals surface area contributed by atoms with Crippen LogP contribution in [0.5, 0.6) is 5.75 Å². The number of aliphatic hydroxyl groups excluding tert-OH is 2. The summed E-state index contributed by atoms with van der Waals surface area (Å²) in [5.74, 6) is -1.05. The predicted molar refractivity (Wildman–Crippen MR) is 109 cm³/mol. The topological polar surface area (TPSA) is 145 Å². The number of aliphatic hydroxyl groups is 2. The van der Waals surface area contributed by atoms with Crippen LogP contribution in [-0.2, 0) is 21.8 Å². The van der Waals surface area contributed by atoms with E-state index in [1.807, 2.05) is 6.92 Å². The highest BCUT2D eigenvalue weighted by Crippen LogP contribution is 2.23. The van der Waals surface area contributed by atoms with Gasteiger partial charge in [0.2, 0.25) is 5.91 Å². The molecule has 1 saturated heterocycles. The molecular formula is C18H30FN3O7S. The fraction of sp³-hybridized carbons (Fsp3) is 0.556. The molecule has 172 valence electrons. The second kappa shape index (κ2) is 13.9. The van der Waals surface area contributed by atoms with Crippen LogP contribution in [0, 0.1) is 0 Å². The highest BCUT2D eigenvalue weighted by molar-refractivity contribution is 7.81. The number of carbonyl (C=O) groups excluding carboxylic acids is 2. The van der Waals surface area contributed by atoms with Gasteiger partial charge in [0, 0.05) is 44.5 Å². The number of rotatable bonds is 7. The molecule has 1 aromatic carbocycles. The van der Waals surface area contributed by atoms with Crippen LogP contribution in [0.3, 0.4) is 0 Å². The largest absolute Gasteiger partial charge is 0.488 e. The quantitative estimate of drug-likeness (QED) is 0.423. The minimum atomic E-state index is -5.22. The van der Waals surface area contributed by atoms with Crippen molar-refractivity contribution in [3.05, 3.63) is 29.3 Å². The molecular weight excluding hydrogens is 421 g/mol. The zero-order chi connectivity index (χ0) is 23.3. The lowest BCUT2D eigenvalue weighted by molar-refractivity contribution is -0.130. The minimum absolute atomic E-state index is 0.0609. The average Bonchev–Trinajstić information content (AvgIpc) is 3.15. The number of nitrogens with zero attached hydrogens (tertiary/aromatic N) is 1. The Morgan fingerprint density at radius 1 is 1.27 bits per heavy atom. The molecule has 0 aromatic heterocycles. The summed E-state index contributed by atoms with van der Waals surface area (Å²) in [6, 6.07) is 4.18. The fourth-order valence-electron chi connectivity index (χ4n) is 2.88. The van der Waals surface area contributed by atoms with Crippen LogP contribution in [0.1, 0.15) is 35.7 Å². The molecule has 0 unspecified atom stereocenters. The van der Waals surface area contributed by atoms with Gasteiger partial charge < -0.3 is 29.9 Å². The Bertz CT molecular complexity index is 790. The third kappa shape index (κ3) is 9.03. The van der Waals surface area contributed by atoms with Crippen LogP contribution in [0.15, 0.2) is 18.2 Å². The number of benzene rings is 1. The first-order valence-electron chi connectivity index (χ1n) is 9.10. The third-order valence-electron chi connectivity index (χ3n) is 4.16. The first kappa shape index (κ1) is 27.7. The van der Waals surface area contributed by atoms with Gasteiger partial charge in [-0.15, -0.1) is 0 Å². The molecule has 1 aromatic rings. The standard InChI is InChI=1S/C16H22FN3O5S.2CH4O/c1-11-4-3-7-20(11)15(21)10-19-16(22)12-5-6-13(9-18-2)14(8-12)25-26(17,23)24;2*1-2/h5-6,8,11,18H,3-4,7,9-10H2,1-2H3,(H,19,22);2*2H,1H3/t11-;;/m1../s1. The fourth-order valence-corrected chi connectivity index (χ4v) is 3.25. The van der Waals surface area contributed by atoms with E-state index in [1.165, 1.54) is 12.1 Å². The molecule has 10 nitrogen and oxygen atoms in total. The molecule has 0 aliphatic carbocycles. The monoisotopic (exact) mass is 451 g/mol. The molecule has 1 aliphatic heterocycles. The van der Waals surface area contributed by atoms with E-state index in [4.69, 9.17) is 10.2 Å². The van der Waals surface area contributed by atoms with Gasteiger partial charge in [-0.3, -0.25) is 9.59 Å². The van der Waals surface area contributed by atoms with Crippen molar-refractivity contribution in [3.63, 3.8) is 0 Å². The molecule has 12 heteroatoms. The zero-order valence-corrected chi connectivity index (χ0v) is 18.3. The Morgan fingerprint density at radius 3 is 2.40 bits per heavy atom. The van der Waals surface area contributed by atoms with Gasteiger partial charge in [-0.2, -0.15) is 8.42 Å². The van der Waals surface area contributed by atoms with Gasteiger partial charge >= 0.3 is 10.5 Å². The molecule has 2 amide bonds.